The monoisotopic (exact) mass is 300 g/mol. The van der Waals surface area contributed by atoms with Crippen molar-refractivity contribution in [1.29, 1.82) is 0 Å². The van der Waals surface area contributed by atoms with Gasteiger partial charge in [0.15, 0.2) is 0 Å². The number of rotatable bonds is 3. The van der Waals surface area contributed by atoms with Crippen molar-refractivity contribution < 1.29 is 19.0 Å². The van der Waals surface area contributed by atoms with Gasteiger partial charge in [0.1, 0.15) is 5.60 Å². The topological polar surface area (TPSA) is 68.8 Å². The zero-order valence-corrected chi connectivity index (χ0v) is 13.3. The molecule has 0 radical (unpaired) electrons. The third-order valence-electron chi connectivity index (χ3n) is 3.73. The molecule has 21 heavy (non-hydrogen) atoms. The summed E-state index contributed by atoms with van der Waals surface area (Å²) in [7, 11) is 0. The van der Waals surface area contributed by atoms with Crippen molar-refractivity contribution in [2.45, 2.75) is 63.8 Å². The molecule has 0 aromatic rings. The first-order valence-corrected chi connectivity index (χ1v) is 7.85. The number of hydrogen-bond acceptors (Lipinski definition) is 5. The highest BCUT2D eigenvalue weighted by molar-refractivity contribution is 5.68. The Bertz CT molecular complexity index is 337. The summed E-state index contributed by atoms with van der Waals surface area (Å²) in [5.41, 5.74) is -0.483. The van der Waals surface area contributed by atoms with Crippen LogP contribution in [0.15, 0.2) is 0 Å². The summed E-state index contributed by atoms with van der Waals surface area (Å²) in [6.45, 7) is 8.47. The fraction of sp³-hybridized carbons (Fsp3) is 0.933. The summed E-state index contributed by atoms with van der Waals surface area (Å²) >= 11 is 0. The van der Waals surface area contributed by atoms with Crippen LogP contribution < -0.4 is 10.6 Å². The van der Waals surface area contributed by atoms with Gasteiger partial charge in [-0.05, 0) is 40.0 Å². The molecule has 0 bridgehead atoms. The molecule has 122 valence electrons. The van der Waals surface area contributed by atoms with Crippen LogP contribution in [0.25, 0.3) is 0 Å². The van der Waals surface area contributed by atoms with Gasteiger partial charge in [-0.25, -0.2) is 4.79 Å². The van der Waals surface area contributed by atoms with Crippen LogP contribution in [0.5, 0.6) is 0 Å². The molecule has 0 saturated carbocycles. The minimum atomic E-state index is -0.483. The van der Waals surface area contributed by atoms with E-state index in [4.69, 9.17) is 14.2 Å². The lowest BCUT2D eigenvalue weighted by Crippen LogP contribution is -2.58. The van der Waals surface area contributed by atoms with Gasteiger partial charge >= 0.3 is 6.09 Å². The second-order valence-electron chi connectivity index (χ2n) is 6.78. The Hall–Kier alpha value is -0.850. The summed E-state index contributed by atoms with van der Waals surface area (Å²) in [6, 6.07) is 0.649. The number of nitrogens with one attached hydrogen (secondary N) is 2. The highest BCUT2D eigenvalue weighted by atomic mass is 16.6. The molecule has 2 atom stereocenters. The number of ether oxygens (including phenoxy) is 3. The minimum absolute atomic E-state index is 0.0450. The summed E-state index contributed by atoms with van der Waals surface area (Å²) < 4.78 is 16.2. The molecule has 2 saturated heterocycles. The van der Waals surface area contributed by atoms with Crippen molar-refractivity contribution in [2.24, 2.45) is 0 Å². The first-order chi connectivity index (χ1) is 9.94. The smallest absolute Gasteiger partial charge is 0.408 e. The van der Waals surface area contributed by atoms with E-state index in [1.165, 1.54) is 0 Å². The first kappa shape index (κ1) is 16.5. The number of alkyl carbamates (subject to hydrolysis) is 1. The molecular weight excluding hydrogens is 272 g/mol. The van der Waals surface area contributed by atoms with Gasteiger partial charge in [0.25, 0.3) is 0 Å². The predicted molar refractivity (Wildman–Crippen MR) is 79.4 cm³/mol. The summed E-state index contributed by atoms with van der Waals surface area (Å²) in [5, 5.41) is 6.58. The van der Waals surface area contributed by atoms with Crippen molar-refractivity contribution >= 4 is 6.09 Å². The lowest BCUT2D eigenvalue weighted by Gasteiger charge is -2.36. The van der Waals surface area contributed by atoms with E-state index in [2.05, 4.69) is 10.6 Å². The third-order valence-corrected chi connectivity index (χ3v) is 3.73. The Balaban J connectivity index is 1.84. The molecular formula is C15H28N2O4. The number of hydrogen-bond donors (Lipinski definition) is 2. The Morgan fingerprint density at radius 3 is 2.38 bits per heavy atom. The van der Waals surface area contributed by atoms with E-state index in [0.29, 0.717) is 12.6 Å². The fourth-order valence-electron chi connectivity index (χ4n) is 2.71. The third kappa shape index (κ3) is 5.80. The second-order valence-corrected chi connectivity index (χ2v) is 6.78. The Kier molecular flexibility index (Phi) is 5.84. The second kappa shape index (κ2) is 7.42. The largest absolute Gasteiger partial charge is 0.444 e. The molecule has 1 amide bonds. The van der Waals surface area contributed by atoms with Crippen molar-refractivity contribution in [2.75, 3.05) is 26.4 Å². The quantitative estimate of drug-likeness (QED) is 0.825. The number of amides is 1. The lowest BCUT2D eigenvalue weighted by molar-refractivity contribution is 0.0179. The van der Waals surface area contributed by atoms with Crippen LogP contribution >= 0.6 is 0 Å². The fourth-order valence-corrected chi connectivity index (χ4v) is 2.71. The van der Waals surface area contributed by atoms with Gasteiger partial charge in [-0.2, -0.15) is 0 Å². The predicted octanol–water partition coefficient (Wildman–Crippen LogP) is 1.44. The molecule has 0 aromatic heterocycles. The lowest BCUT2D eigenvalue weighted by atomic mass is 10.00. The average Bonchev–Trinajstić information content (AvgIpc) is 2.40. The maximum Gasteiger partial charge on any atom is 0.408 e. The van der Waals surface area contributed by atoms with Gasteiger partial charge in [-0.3, -0.25) is 0 Å². The maximum absolute atomic E-state index is 11.9. The zero-order valence-electron chi connectivity index (χ0n) is 13.3. The van der Waals surface area contributed by atoms with Crippen LogP contribution in [0.2, 0.25) is 0 Å². The highest BCUT2D eigenvalue weighted by Gasteiger charge is 2.30. The molecule has 0 aromatic carbocycles. The van der Waals surface area contributed by atoms with Gasteiger partial charge in [0.2, 0.25) is 0 Å². The van der Waals surface area contributed by atoms with E-state index in [1.54, 1.807) is 0 Å². The summed E-state index contributed by atoms with van der Waals surface area (Å²) in [4.78, 5) is 11.9. The van der Waals surface area contributed by atoms with E-state index >= 15 is 0 Å². The molecule has 2 rings (SSSR count). The molecule has 2 aliphatic rings. The van der Waals surface area contributed by atoms with Crippen molar-refractivity contribution in [3.63, 3.8) is 0 Å². The average molecular weight is 300 g/mol. The van der Waals surface area contributed by atoms with E-state index in [1.807, 2.05) is 20.8 Å². The normalized spacial score (nSPS) is 28.1. The molecule has 0 unspecified atom stereocenters. The van der Waals surface area contributed by atoms with Gasteiger partial charge in [-0.1, -0.05) is 0 Å². The Morgan fingerprint density at radius 2 is 1.71 bits per heavy atom. The molecule has 6 heteroatoms. The zero-order chi connectivity index (χ0) is 15.3. The molecule has 0 spiro atoms. The molecule has 2 aliphatic heterocycles. The van der Waals surface area contributed by atoms with E-state index in [-0.39, 0.29) is 18.2 Å². The SMILES string of the molecule is CC(C)(C)OC(=O)N[C@@H]1COCC[C@H]1NC1CCOCC1. The van der Waals surface area contributed by atoms with Gasteiger partial charge in [0.05, 0.1) is 12.6 Å². The van der Waals surface area contributed by atoms with Crippen LogP contribution in [-0.2, 0) is 14.2 Å². The standard InChI is InChI=1S/C15H28N2O4/c1-15(2,3)21-14(18)17-13-10-20-9-6-12(13)16-11-4-7-19-8-5-11/h11-13,16H,4-10H2,1-3H3,(H,17,18)/t12-,13-/m1/s1. The Labute approximate surface area is 126 Å². The van der Waals surface area contributed by atoms with Crippen molar-refractivity contribution in [3.8, 4) is 0 Å². The van der Waals surface area contributed by atoms with Crippen molar-refractivity contribution in [1.82, 2.24) is 10.6 Å². The van der Waals surface area contributed by atoms with Gasteiger partial charge in [-0.15, -0.1) is 0 Å². The van der Waals surface area contributed by atoms with E-state index in [9.17, 15) is 4.79 Å². The molecule has 0 aliphatic carbocycles. The minimum Gasteiger partial charge on any atom is -0.444 e. The van der Waals surface area contributed by atoms with E-state index < -0.39 is 5.60 Å². The van der Waals surface area contributed by atoms with Crippen LogP contribution in [0.1, 0.15) is 40.0 Å². The molecule has 2 heterocycles. The Morgan fingerprint density at radius 1 is 1.05 bits per heavy atom. The van der Waals surface area contributed by atoms with Crippen LogP contribution in [0.3, 0.4) is 0 Å². The molecule has 6 nitrogen and oxygen atoms in total. The number of carbonyl (C=O) groups excluding carboxylic acids is 1. The summed E-state index contributed by atoms with van der Waals surface area (Å²) in [6.07, 6.45) is 2.57. The van der Waals surface area contributed by atoms with Crippen LogP contribution in [0.4, 0.5) is 4.79 Å². The van der Waals surface area contributed by atoms with E-state index in [0.717, 1.165) is 39.1 Å². The van der Waals surface area contributed by atoms with Crippen LogP contribution in [0, 0.1) is 0 Å². The molecule has 2 N–H and O–H groups in total. The van der Waals surface area contributed by atoms with Gasteiger partial charge in [0, 0.05) is 31.9 Å². The molecule has 2 fully saturated rings. The summed E-state index contributed by atoms with van der Waals surface area (Å²) in [5.74, 6) is 0. The first-order valence-electron chi connectivity index (χ1n) is 7.85. The number of carbonyl (C=O) groups is 1. The maximum atomic E-state index is 11.9. The highest BCUT2D eigenvalue weighted by Crippen LogP contribution is 2.14. The van der Waals surface area contributed by atoms with Crippen LogP contribution in [-0.4, -0.2) is 56.2 Å². The van der Waals surface area contributed by atoms with Gasteiger partial charge < -0.3 is 24.8 Å². The van der Waals surface area contributed by atoms with Crippen molar-refractivity contribution in [3.05, 3.63) is 0 Å².